The Hall–Kier alpha value is -3.30. The number of ether oxygens (including phenoxy) is 1. The molecule has 1 atom stereocenters. The molecule has 2 rings (SSSR count). The molecule has 2 aromatic rings. The highest BCUT2D eigenvalue weighted by Gasteiger charge is 2.26. The molecule has 1 heterocycles. The van der Waals surface area contributed by atoms with E-state index in [1.807, 2.05) is 6.92 Å². The highest BCUT2D eigenvalue weighted by molar-refractivity contribution is 5.78. The first-order valence-corrected chi connectivity index (χ1v) is 9.83. The molecule has 10 nitrogen and oxygen atoms in total. The van der Waals surface area contributed by atoms with Crippen molar-refractivity contribution in [2.24, 2.45) is 0 Å². The third-order valence-corrected chi connectivity index (χ3v) is 4.20. The molecule has 10 heteroatoms. The number of benzene rings is 1. The first-order valence-electron chi connectivity index (χ1n) is 9.83. The number of rotatable bonds is 11. The normalized spacial score (nSPS) is 11.9. The third-order valence-electron chi connectivity index (χ3n) is 4.20. The Bertz CT molecular complexity index is 880. The molecule has 1 aromatic carbocycles. The summed E-state index contributed by atoms with van der Waals surface area (Å²) in [5.41, 5.74) is 0.0825. The monoisotopic (exact) mass is 418 g/mol. The standard InChI is InChI=1S/C20H26N4O6/c1-4-17-22-19(30-23-17)11-7-10-18(25)21-15(12-20(26)29-13(2)3)14-8-5-6-9-16(14)24(27)28/h5-6,8-9,13,15H,4,7,10-12H2,1-3H3,(H,21,25). The van der Waals surface area contributed by atoms with Crippen LogP contribution in [-0.2, 0) is 27.2 Å². The number of hydrogen-bond donors (Lipinski definition) is 1. The van der Waals surface area contributed by atoms with E-state index in [4.69, 9.17) is 9.26 Å². The molecule has 0 saturated carbocycles. The molecule has 0 fully saturated rings. The summed E-state index contributed by atoms with van der Waals surface area (Å²) in [6.45, 7) is 5.32. The minimum Gasteiger partial charge on any atom is -0.463 e. The van der Waals surface area contributed by atoms with Gasteiger partial charge in [-0.25, -0.2) is 0 Å². The zero-order valence-electron chi connectivity index (χ0n) is 17.3. The molecule has 1 aromatic heterocycles. The second kappa shape index (κ2) is 11.0. The van der Waals surface area contributed by atoms with Crippen molar-refractivity contribution in [2.75, 3.05) is 0 Å². The number of nitrogens with one attached hydrogen (secondary N) is 1. The van der Waals surface area contributed by atoms with Gasteiger partial charge in [-0.1, -0.05) is 30.3 Å². The third kappa shape index (κ3) is 6.94. The van der Waals surface area contributed by atoms with E-state index in [1.54, 1.807) is 19.9 Å². The molecule has 0 aliphatic rings. The van der Waals surface area contributed by atoms with Crippen molar-refractivity contribution in [1.29, 1.82) is 0 Å². The van der Waals surface area contributed by atoms with E-state index < -0.39 is 16.9 Å². The maximum absolute atomic E-state index is 12.5. The quantitative estimate of drug-likeness (QED) is 0.334. The molecule has 0 bridgehead atoms. The number of carbonyl (C=O) groups is 2. The first-order chi connectivity index (χ1) is 14.3. The van der Waals surface area contributed by atoms with Crippen molar-refractivity contribution in [1.82, 2.24) is 15.5 Å². The van der Waals surface area contributed by atoms with Crippen molar-refractivity contribution in [3.8, 4) is 0 Å². The van der Waals surface area contributed by atoms with Gasteiger partial charge in [-0.2, -0.15) is 4.98 Å². The average molecular weight is 418 g/mol. The summed E-state index contributed by atoms with van der Waals surface area (Å²) in [7, 11) is 0. The average Bonchev–Trinajstić information content (AvgIpc) is 3.14. The van der Waals surface area contributed by atoms with Gasteiger partial charge in [0.1, 0.15) is 0 Å². The minimum atomic E-state index is -0.875. The number of amides is 1. The first kappa shape index (κ1) is 23.0. The predicted molar refractivity (Wildman–Crippen MR) is 106 cm³/mol. The smallest absolute Gasteiger partial charge is 0.308 e. The fourth-order valence-corrected chi connectivity index (χ4v) is 2.87. The van der Waals surface area contributed by atoms with Crippen molar-refractivity contribution < 1.29 is 23.8 Å². The summed E-state index contributed by atoms with van der Waals surface area (Å²) in [5.74, 6) is 0.169. The second-order valence-corrected chi connectivity index (χ2v) is 6.99. The van der Waals surface area contributed by atoms with E-state index in [0.717, 1.165) is 0 Å². The summed E-state index contributed by atoms with van der Waals surface area (Å²) in [5, 5.41) is 17.9. The largest absolute Gasteiger partial charge is 0.463 e. The minimum absolute atomic E-state index is 0.139. The molecular formula is C20H26N4O6. The Kier molecular flexibility index (Phi) is 8.45. The van der Waals surface area contributed by atoms with Gasteiger partial charge in [-0.15, -0.1) is 0 Å². The van der Waals surface area contributed by atoms with Crippen LogP contribution in [0, 0.1) is 10.1 Å². The van der Waals surface area contributed by atoms with Gasteiger partial charge in [0.15, 0.2) is 5.82 Å². The van der Waals surface area contributed by atoms with E-state index >= 15 is 0 Å². The van der Waals surface area contributed by atoms with Crippen molar-refractivity contribution >= 4 is 17.6 Å². The summed E-state index contributed by atoms with van der Waals surface area (Å²) in [6, 6.07) is 5.14. The Morgan fingerprint density at radius 1 is 1.30 bits per heavy atom. The number of hydrogen-bond acceptors (Lipinski definition) is 8. The van der Waals surface area contributed by atoms with Crippen LogP contribution in [0.2, 0.25) is 0 Å². The second-order valence-electron chi connectivity index (χ2n) is 6.99. The number of carbonyl (C=O) groups excluding carboxylic acids is 2. The topological polar surface area (TPSA) is 137 Å². The Morgan fingerprint density at radius 2 is 2.03 bits per heavy atom. The van der Waals surface area contributed by atoms with Crippen LogP contribution in [0.5, 0.6) is 0 Å². The summed E-state index contributed by atoms with van der Waals surface area (Å²) < 4.78 is 10.2. The van der Waals surface area contributed by atoms with Gasteiger partial charge in [-0.3, -0.25) is 19.7 Å². The Labute approximate surface area is 174 Å². The van der Waals surface area contributed by atoms with Crippen LogP contribution >= 0.6 is 0 Å². The fourth-order valence-electron chi connectivity index (χ4n) is 2.87. The van der Waals surface area contributed by atoms with Gasteiger partial charge in [0, 0.05) is 25.3 Å². The van der Waals surface area contributed by atoms with E-state index in [1.165, 1.54) is 18.2 Å². The van der Waals surface area contributed by atoms with Gasteiger partial charge in [-0.05, 0) is 20.3 Å². The maximum atomic E-state index is 12.5. The van der Waals surface area contributed by atoms with Crippen LogP contribution in [-0.4, -0.2) is 33.0 Å². The number of para-hydroxylation sites is 1. The molecule has 30 heavy (non-hydrogen) atoms. The van der Waals surface area contributed by atoms with E-state index in [0.29, 0.717) is 31.0 Å². The zero-order valence-corrected chi connectivity index (χ0v) is 17.3. The van der Waals surface area contributed by atoms with E-state index in [9.17, 15) is 19.7 Å². The van der Waals surface area contributed by atoms with Crippen LogP contribution in [0.3, 0.4) is 0 Å². The lowest BCUT2D eigenvalue weighted by Crippen LogP contribution is -2.31. The Balaban J connectivity index is 2.05. The highest BCUT2D eigenvalue weighted by atomic mass is 16.6. The van der Waals surface area contributed by atoms with Crippen LogP contribution < -0.4 is 5.32 Å². The van der Waals surface area contributed by atoms with Crippen molar-refractivity contribution in [3.63, 3.8) is 0 Å². The summed E-state index contributed by atoms with van der Waals surface area (Å²) >= 11 is 0. The number of esters is 1. The predicted octanol–water partition coefficient (Wildman–Crippen LogP) is 3.06. The molecule has 0 aliphatic heterocycles. The lowest BCUT2D eigenvalue weighted by atomic mass is 10.0. The van der Waals surface area contributed by atoms with Crippen LogP contribution in [0.1, 0.15) is 63.4 Å². The molecule has 0 saturated heterocycles. The molecule has 162 valence electrons. The molecule has 0 radical (unpaired) electrons. The van der Waals surface area contributed by atoms with E-state index in [2.05, 4.69) is 15.5 Å². The Morgan fingerprint density at radius 3 is 2.67 bits per heavy atom. The molecular weight excluding hydrogens is 392 g/mol. The number of aryl methyl sites for hydroxylation is 2. The maximum Gasteiger partial charge on any atom is 0.308 e. The van der Waals surface area contributed by atoms with Crippen molar-refractivity contribution in [3.05, 3.63) is 51.7 Å². The lowest BCUT2D eigenvalue weighted by molar-refractivity contribution is -0.385. The van der Waals surface area contributed by atoms with Crippen LogP contribution in [0.4, 0.5) is 5.69 Å². The number of nitro groups is 1. The zero-order chi connectivity index (χ0) is 22.1. The van der Waals surface area contributed by atoms with Crippen molar-refractivity contribution in [2.45, 2.75) is 65.0 Å². The summed E-state index contributed by atoms with van der Waals surface area (Å²) in [6.07, 6.45) is 1.15. The lowest BCUT2D eigenvalue weighted by Gasteiger charge is -2.19. The molecule has 1 unspecified atom stereocenters. The molecule has 0 aliphatic carbocycles. The summed E-state index contributed by atoms with van der Waals surface area (Å²) in [4.78, 5) is 39.7. The van der Waals surface area contributed by atoms with Gasteiger partial charge in [0.2, 0.25) is 11.8 Å². The van der Waals surface area contributed by atoms with Crippen LogP contribution in [0.25, 0.3) is 0 Å². The fraction of sp³-hybridized carbons (Fsp3) is 0.500. The number of nitro benzene ring substituents is 1. The van der Waals surface area contributed by atoms with Gasteiger partial charge in [0.25, 0.3) is 5.69 Å². The molecule has 1 N–H and O–H groups in total. The van der Waals surface area contributed by atoms with E-state index in [-0.39, 0.29) is 36.1 Å². The van der Waals surface area contributed by atoms with Gasteiger partial charge < -0.3 is 14.6 Å². The highest BCUT2D eigenvalue weighted by Crippen LogP contribution is 2.27. The van der Waals surface area contributed by atoms with Gasteiger partial charge >= 0.3 is 5.97 Å². The number of nitrogens with zero attached hydrogens (tertiary/aromatic N) is 3. The van der Waals surface area contributed by atoms with Gasteiger partial charge in [0.05, 0.1) is 29.1 Å². The number of aromatic nitrogens is 2. The van der Waals surface area contributed by atoms with Crippen LogP contribution in [0.15, 0.2) is 28.8 Å². The molecule has 0 spiro atoms. The SMILES string of the molecule is CCc1noc(CCCC(=O)NC(CC(=O)OC(C)C)c2ccccc2[N+](=O)[O-])n1. The molecule has 1 amide bonds.